The van der Waals surface area contributed by atoms with Gasteiger partial charge in [-0.05, 0) is 68.5 Å². The van der Waals surface area contributed by atoms with Crippen LogP contribution in [0, 0.1) is 19.7 Å². The lowest BCUT2D eigenvalue weighted by Gasteiger charge is -2.14. The van der Waals surface area contributed by atoms with E-state index in [4.69, 9.17) is 9.72 Å². The lowest BCUT2D eigenvalue weighted by Crippen LogP contribution is -2.23. The molecular formula is C28H31FN4O2. The van der Waals surface area contributed by atoms with Crippen LogP contribution in [0.2, 0.25) is 0 Å². The Kier molecular flexibility index (Phi) is 7.44. The summed E-state index contributed by atoms with van der Waals surface area (Å²) in [4.78, 5) is 17.4. The average molecular weight is 475 g/mol. The van der Waals surface area contributed by atoms with Gasteiger partial charge in [-0.25, -0.2) is 9.07 Å². The first kappa shape index (κ1) is 24.4. The highest BCUT2D eigenvalue weighted by Crippen LogP contribution is 2.32. The van der Waals surface area contributed by atoms with Crippen LogP contribution in [0.1, 0.15) is 48.2 Å². The lowest BCUT2D eigenvalue weighted by molar-refractivity contribution is -0.121. The molecule has 2 aromatic heterocycles. The summed E-state index contributed by atoms with van der Waals surface area (Å²) in [5.74, 6) is 0.117. The molecule has 0 aliphatic heterocycles. The van der Waals surface area contributed by atoms with Crippen LogP contribution < -0.4 is 10.1 Å². The maximum absolute atomic E-state index is 13.9. The van der Waals surface area contributed by atoms with Gasteiger partial charge in [-0.3, -0.25) is 4.79 Å². The molecule has 4 rings (SSSR count). The van der Waals surface area contributed by atoms with Crippen LogP contribution in [0.15, 0.2) is 48.5 Å². The van der Waals surface area contributed by atoms with Gasteiger partial charge in [-0.1, -0.05) is 37.3 Å². The SMILES string of the molecule is CCOc1nc2c(c(C)nn2-c2cccc(F)c2)c(C)c1CCC(=O)NCc1ccc(CC)cc1. The molecule has 182 valence electrons. The summed E-state index contributed by atoms with van der Waals surface area (Å²) >= 11 is 0. The Balaban J connectivity index is 1.57. The number of carbonyl (C=O) groups is 1. The molecule has 2 heterocycles. The standard InChI is InChI=1S/C28H31FN4O2/c1-5-20-10-12-21(13-11-20)17-30-25(34)15-14-24-18(3)26-19(4)32-33(23-9-7-8-22(29)16-23)27(26)31-28(24)35-6-2/h7-13,16H,5-6,14-15,17H2,1-4H3,(H,30,34). The third-order valence-corrected chi connectivity index (χ3v) is 6.19. The largest absolute Gasteiger partial charge is 0.478 e. The Bertz CT molecular complexity index is 1350. The fourth-order valence-electron chi connectivity index (χ4n) is 4.29. The molecule has 0 spiro atoms. The van der Waals surface area contributed by atoms with Crippen molar-refractivity contribution in [3.63, 3.8) is 0 Å². The van der Waals surface area contributed by atoms with Crippen LogP contribution in [0.3, 0.4) is 0 Å². The molecule has 6 nitrogen and oxygen atoms in total. The highest BCUT2D eigenvalue weighted by atomic mass is 19.1. The quantitative estimate of drug-likeness (QED) is 0.353. The number of rotatable bonds is 9. The summed E-state index contributed by atoms with van der Waals surface area (Å²) in [5, 5.41) is 8.53. The Morgan fingerprint density at radius 2 is 1.83 bits per heavy atom. The molecule has 4 aromatic rings. The molecule has 1 N–H and O–H groups in total. The van der Waals surface area contributed by atoms with Crippen LogP contribution in [-0.2, 0) is 24.2 Å². The zero-order valence-electron chi connectivity index (χ0n) is 20.7. The van der Waals surface area contributed by atoms with E-state index < -0.39 is 0 Å². The molecular weight excluding hydrogens is 443 g/mol. The predicted molar refractivity (Wildman–Crippen MR) is 135 cm³/mol. The summed E-state index contributed by atoms with van der Waals surface area (Å²) in [7, 11) is 0. The first-order valence-electron chi connectivity index (χ1n) is 12.0. The van der Waals surface area contributed by atoms with Gasteiger partial charge >= 0.3 is 0 Å². The van der Waals surface area contributed by atoms with Gasteiger partial charge in [0.05, 0.1) is 18.0 Å². The van der Waals surface area contributed by atoms with Gasteiger partial charge in [0.25, 0.3) is 0 Å². The molecule has 0 bridgehead atoms. The van der Waals surface area contributed by atoms with Gasteiger partial charge in [0.1, 0.15) is 5.82 Å². The minimum atomic E-state index is -0.338. The molecule has 0 saturated heterocycles. The molecule has 0 saturated carbocycles. The van der Waals surface area contributed by atoms with E-state index in [1.54, 1.807) is 16.8 Å². The average Bonchev–Trinajstić information content (AvgIpc) is 3.19. The minimum Gasteiger partial charge on any atom is -0.478 e. The fourth-order valence-corrected chi connectivity index (χ4v) is 4.29. The van der Waals surface area contributed by atoms with Gasteiger partial charge in [0.15, 0.2) is 5.65 Å². The Morgan fingerprint density at radius 1 is 1.09 bits per heavy atom. The van der Waals surface area contributed by atoms with Crippen molar-refractivity contribution in [2.45, 2.75) is 53.5 Å². The second-order valence-corrected chi connectivity index (χ2v) is 8.58. The maximum atomic E-state index is 13.9. The van der Waals surface area contributed by atoms with Crippen molar-refractivity contribution in [3.05, 3.63) is 82.3 Å². The van der Waals surface area contributed by atoms with E-state index in [-0.39, 0.29) is 11.7 Å². The highest BCUT2D eigenvalue weighted by Gasteiger charge is 2.21. The van der Waals surface area contributed by atoms with Crippen molar-refractivity contribution in [3.8, 4) is 11.6 Å². The number of halogens is 1. The third kappa shape index (κ3) is 5.34. The molecule has 7 heteroatoms. The van der Waals surface area contributed by atoms with E-state index >= 15 is 0 Å². The molecule has 0 aliphatic rings. The van der Waals surface area contributed by atoms with Crippen LogP contribution in [0.4, 0.5) is 4.39 Å². The van der Waals surface area contributed by atoms with Gasteiger partial charge in [0.2, 0.25) is 11.8 Å². The van der Waals surface area contributed by atoms with E-state index in [0.717, 1.165) is 34.2 Å². The zero-order chi connectivity index (χ0) is 24.9. The van der Waals surface area contributed by atoms with E-state index in [0.29, 0.717) is 43.2 Å². The molecule has 35 heavy (non-hydrogen) atoms. The first-order valence-corrected chi connectivity index (χ1v) is 12.0. The summed E-state index contributed by atoms with van der Waals surface area (Å²) in [5.41, 5.74) is 6.21. The number of hydrogen-bond donors (Lipinski definition) is 1. The smallest absolute Gasteiger partial charge is 0.220 e. The van der Waals surface area contributed by atoms with Crippen molar-refractivity contribution in [2.75, 3.05) is 6.61 Å². The van der Waals surface area contributed by atoms with Crippen molar-refractivity contribution in [2.24, 2.45) is 0 Å². The number of hydrogen-bond acceptors (Lipinski definition) is 4. The van der Waals surface area contributed by atoms with Gasteiger partial charge in [-0.15, -0.1) is 0 Å². The van der Waals surface area contributed by atoms with Crippen LogP contribution in [-0.4, -0.2) is 27.3 Å². The first-order chi connectivity index (χ1) is 16.9. The Labute approximate surface area is 205 Å². The molecule has 0 aliphatic carbocycles. The normalized spacial score (nSPS) is 11.1. The number of aryl methyl sites for hydroxylation is 3. The molecule has 0 atom stereocenters. The highest BCUT2D eigenvalue weighted by molar-refractivity contribution is 5.86. The molecule has 1 amide bonds. The number of nitrogens with one attached hydrogen (secondary N) is 1. The van der Waals surface area contributed by atoms with Crippen LogP contribution in [0.25, 0.3) is 16.7 Å². The van der Waals surface area contributed by atoms with E-state index in [1.807, 2.05) is 32.9 Å². The van der Waals surface area contributed by atoms with Gasteiger partial charge < -0.3 is 10.1 Å². The lowest BCUT2D eigenvalue weighted by atomic mass is 10.0. The Hall–Kier alpha value is -3.74. The second-order valence-electron chi connectivity index (χ2n) is 8.58. The predicted octanol–water partition coefficient (Wildman–Crippen LogP) is 5.39. The topological polar surface area (TPSA) is 69.0 Å². The zero-order valence-corrected chi connectivity index (χ0v) is 20.7. The number of amides is 1. The number of aromatic nitrogens is 3. The van der Waals surface area contributed by atoms with Crippen molar-refractivity contribution >= 4 is 16.9 Å². The van der Waals surface area contributed by atoms with E-state index in [2.05, 4.69) is 29.5 Å². The Morgan fingerprint density at radius 3 is 2.51 bits per heavy atom. The summed E-state index contributed by atoms with van der Waals surface area (Å²) in [6.45, 7) is 8.87. The number of pyridine rings is 1. The molecule has 2 aromatic carbocycles. The third-order valence-electron chi connectivity index (χ3n) is 6.19. The number of nitrogens with zero attached hydrogens (tertiary/aromatic N) is 3. The fraction of sp³-hybridized carbons (Fsp3) is 0.321. The number of fused-ring (bicyclic) bond motifs is 1. The minimum absolute atomic E-state index is 0.0290. The summed E-state index contributed by atoms with van der Waals surface area (Å²) in [6.07, 6.45) is 1.81. The number of ether oxygens (including phenoxy) is 1. The van der Waals surface area contributed by atoms with E-state index in [9.17, 15) is 9.18 Å². The monoisotopic (exact) mass is 474 g/mol. The molecule has 0 fully saturated rings. The van der Waals surface area contributed by atoms with Crippen LogP contribution >= 0.6 is 0 Å². The van der Waals surface area contributed by atoms with Gasteiger partial charge in [-0.2, -0.15) is 10.1 Å². The maximum Gasteiger partial charge on any atom is 0.220 e. The van der Waals surface area contributed by atoms with Crippen molar-refractivity contribution in [1.29, 1.82) is 0 Å². The number of benzene rings is 2. The molecule has 0 radical (unpaired) electrons. The van der Waals surface area contributed by atoms with Gasteiger partial charge in [0, 0.05) is 23.9 Å². The summed E-state index contributed by atoms with van der Waals surface area (Å²) < 4.78 is 21.4. The van der Waals surface area contributed by atoms with Crippen molar-refractivity contribution in [1.82, 2.24) is 20.1 Å². The molecule has 0 unspecified atom stereocenters. The van der Waals surface area contributed by atoms with Crippen molar-refractivity contribution < 1.29 is 13.9 Å². The van der Waals surface area contributed by atoms with E-state index in [1.165, 1.54) is 17.7 Å². The summed E-state index contributed by atoms with van der Waals surface area (Å²) in [6, 6.07) is 14.5. The second kappa shape index (κ2) is 10.7. The van der Waals surface area contributed by atoms with Crippen LogP contribution in [0.5, 0.6) is 5.88 Å². The number of carbonyl (C=O) groups excluding carboxylic acids is 1.